The molecule has 1 unspecified atom stereocenters. The van der Waals surface area contributed by atoms with E-state index in [0.717, 1.165) is 6.07 Å². The van der Waals surface area contributed by atoms with Crippen LogP contribution in [0.5, 0.6) is 0 Å². The van der Waals surface area contributed by atoms with Crippen LogP contribution in [-0.2, 0) is 15.8 Å². The number of benzene rings is 1. The molecule has 1 aliphatic heterocycles. The highest BCUT2D eigenvalue weighted by Crippen LogP contribution is 2.32. The topological polar surface area (TPSA) is 105 Å². The van der Waals surface area contributed by atoms with Crippen LogP contribution in [-0.4, -0.2) is 35.2 Å². The minimum absolute atomic E-state index is 0.0429. The predicted octanol–water partition coefficient (Wildman–Crippen LogP) is 2.77. The Labute approximate surface area is 173 Å². The molecular weight excluding hydrogens is 427 g/mol. The van der Waals surface area contributed by atoms with E-state index >= 15 is 0 Å². The summed E-state index contributed by atoms with van der Waals surface area (Å²) in [4.78, 5) is 32.8. The summed E-state index contributed by atoms with van der Waals surface area (Å²) in [7, 11) is 0. The van der Waals surface area contributed by atoms with Crippen LogP contribution in [0.4, 0.5) is 19.0 Å². The third kappa shape index (κ3) is 5.38. The molecule has 12 heteroatoms. The summed E-state index contributed by atoms with van der Waals surface area (Å²) in [5.74, 6) is -1.10. The maximum Gasteiger partial charge on any atom is 0.417 e. The summed E-state index contributed by atoms with van der Waals surface area (Å²) in [6, 6.07) is 9.04. The number of anilines is 1. The van der Waals surface area contributed by atoms with E-state index in [1.807, 2.05) is 0 Å². The van der Waals surface area contributed by atoms with Gasteiger partial charge in [0.05, 0.1) is 17.1 Å². The van der Waals surface area contributed by atoms with Gasteiger partial charge >= 0.3 is 6.18 Å². The van der Waals surface area contributed by atoms with Crippen molar-refractivity contribution in [3.05, 3.63) is 58.7 Å². The standard InChI is InChI=1S/C18H15ClF3N5O3/c19-13-6-11(18(20,21)22)8-23-15(13)24-9-12-7-14(27-30-12)17(29)26-25-16(28)10-4-2-1-3-5-10/h1-6,8,12H,7,9H2,(H,23,24)(H,25,28)(H,26,29). The van der Waals surface area contributed by atoms with Crippen LogP contribution in [0.2, 0.25) is 5.02 Å². The van der Waals surface area contributed by atoms with Gasteiger partial charge in [-0.15, -0.1) is 0 Å². The number of carbonyl (C=O) groups is 2. The number of aromatic nitrogens is 1. The summed E-state index contributed by atoms with van der Waals surface area (Å²) in [5, 5.41) is 6.21. The Hall–Kier alpha value is -3.34. The number of nitrogens with one attached hydrogen (secondary N) is 3. The molecule has 158 valence electrons. The van der Waals surface area contributed by atoms with Gasteiger partial charge in [0.2, 0.25) is 0 Å². The van der Waals surface area contributed by atoms with Crippen LogP contribution in [0.15, 0.2) is 47.8 Å². The first-order valence-corrected chi connectivity index (χ1v) is 8.97. The Morgan fingerprint density at radius 3 is 2.53 bits per heavy atom. The highest BCUT2D eigenvalue weighted by atomic mass is 35.5. The fraction of sp³-hybridized carbons (Fsp3) is 0.222. The predicted molar refractivity (Wildman–Crippen MR) is 102 cm³/mol. The molecule has 30 heavy (non-hydrogen) atoms. The molecule has 1 aromatic carbocycles. The number of rotatable bonds is 5. The van der Waals surface area contributed by atoms with Crippen molar-refractivity contribution in [3.8, 4) is 0 Å². The average molecular weight is 442 g/mol. The van der Waals surface area contributed by atoms with Gasteiger partial charge in [0, 0.05) is 18.2 Å². The third-order valence-corrected chi connectivity index (χ3v) is 4.27. The smallest absolute Gasteiger partial charge is 0.390 e. The second kappa shape index (κ2) is 8.99. The molecule has 0 saturated heterocycles. The molecule has 0 radical (unpaired) electrons. The number of pyridine rings is 1. The fourth-order valence-electron chi connectivity index (χ4n) is 2.45. The van der Waals surface area contributed by atoms with Crippen molar-refractivity contribution in [3.63, 3.8) is 0 Å². The Balaban J connectivity index is 1.46. The zero-order valence-electron chi connectivity index (χ0n) is 15.2. The molecule has 1 aromatic heterocycles. The van der Waals surface area contributed by atoms with E-state index in [4.69, 9.17) is 16.4 Å². The molecule has 0 saturated carbocycles. The third-order valence-electron chi connectivity index (χ3n) is 3.99. The first-order valence-electron chi connectivity index (χ1n) is 8.59. The van der Waals surface area contributed by atoms with Gasteiger partial charge in [-0.25, -0.2) is 4.98 Å². The van der Waals surface area contributed by atoms with Crippen LogP contribution in [0.1, 0.15) is 22.3 Å². The zero-order valence-corrected chi connectivity index (χ0v) is 15.9. The van der Waals surface area contributed by atoms with E-state index in [0.29, 0.717) is 11.8 Å². The SMILES string of the molecule is O=C(NNC(=O)c1ccccc1)C1=NOC(CNc2ncc(C(F)(F)F)cc2Cl)C1. The number of hydrazine groups is 1. The molecule has 2 heterocycles. The number of nitrogens with zero attached hydrogens (tertiary/aromatic N) is 2. The lowest BCUT2D eigenvalue weighted by Crippen LogP contribution is -2.44. The summed E-state index contributed by atoms with van der Waals surface area (Å²) >= 11 is 5.82. The second-order valence-corrected chi connectivity index (χ2v) is 6.58. The fourth-order valence-corrected chi connectivity index (χ4v) is 2.69. The Kier molecular flexibility index (Phi) is 6.40. The monoisotopic (exact) mass is 441 g/mol. The lowest BCUT2D eigenvalue weighted by molar-refractivity contribution is -0.137. The minimum atomic E-state index is -4.55. The maximum absolute atomic E-state index is 12.6. The maximum atomic E-state index is 12.6. The lowest BCUT2D eigenvalue weighted by Gasteiger charge is -2.13. The molecule has 0 aliphatic carbocycles. The minimum Gasteiger partial charge on any atom is -0.390 e. The van der Waals surface area contributed by atoms with Gasteiger partial charge in [-0.05, 0) is 18.2 Å². The Morgan fingerprint density at radius 2 is 1.87 bits per heavy atom. The van der Waals surface area contributed by atoms with Gasteiger partial charge in [0.1, 0.15) is 11.5 Å². The normalized spacial score (nSPS) is 15.7. The molecule has 1 atom stereocenters. The molecular formula is C18H15ClF3N5O3. The molecule has 0 bridgehead atoms. The van der Waals surface area contributed by atoms with Crippen LogP contribution >= 0.6 is 11.6 Å². The van der Waals surface area contributed by atoms with E-state index in [-0.39, 0.29) is 29.5 Å². The molecule has 0 spiro atoms. The van der Waals surface area contributed by atoms with Gasteiger partial charge in [-0.2, -0.15) is 13.2 Å². The molecule has 2 amide bonds. The highest BCUT2D eigenvalue weighted by Gasteiger charge is 2.32. The Bertz CT molecular complexity index is 969. The summed E-state index contributed by atoms with van der Waals surface area (Å²) in [6.07, 6.45) is -4.35. The average Bonchev–Trinajstić information content (AvgIpc) is 3.20. The Morgan fingerprint density at radius 1 is 1.17 bits per heavy atom. The van der Waals surface area contributed by atoms with Gasteiger partial charge in [0.25, 0.3) is 11.8 Å². The molecule has 0 fully saturated rings. The quantitative estimate of drug-likeness (QED) is 0.619. The largest absolute Gasteiger partial charge is 0.417 e. The summed E-state index contributed by atoms with van der Waals surface area (Å²) < 4.78 is 37.9. The van der Waals surface area contributed by atoms with Crippen LogP contribution in [0.25, 0.3) is 0 Å². The molecule has 3 rings (SSSR count). The highest BCUT2D eigenvalue weighted by molar-refractivity contribution is 6.39. The van der Waals surface area contributed by atoms with E-state index in [1.54, 1.807) is 30.3 Å². The van der Waals surface area contributed by atoms with Gasteiger partial charge in [0.15, 0.2) is 6.10 Å². The van der Waals surface area contributed by atoms with E-state index in [1.165, 1.54) is 0 Å². The van der Waals surface area contributed by atoms with Gasteiger partial charge in [-0.3, -0.25) is 20.4 Å². The number of halogens is 4. The van der Waals surface area contributed by atoms with Crippen LogP contribution < -0.4 is 16.2 Å². The first kappa shape index (κ1) is 21.4. The first-order chi connectivity index (χ1) is 14.2. The van der Waals surface area contributed by atoms with Crippen molar-refractivity contribution in [1.82, 2.24) is 15.8 Å². The van der Waals surface area contributed by atoms with Crippen LogP contribution in [0, 0.1) is 0 Å². The zero-order chi connectivity index (χ0) is 21.7. The van der Waals surface area contributed by atoms with E-state index in [9.17, 15) is 22.8 Å². The van der Waals surface area contributed by atoms with Crippen molar-refractivity contribution >= 4 is 34.9 Å². The van der Waals surface area contributed by atoms with Crippen molar-refractivity contribution in [2.45, 2.75) is 18.7 Å². The number of hydrogen-bond donors (Lipinski definition) is 3. The molecule has 2 aromatic rings. The van der Waals surface area contributed by atoms with Crippen molar-refractivity contribution in [1.29, 1.82) is 0 Å². The molecule has 1 aliphatic rings. The number of hydrogen-bond acceptors (Lipinski definition) is 6. The van der Waals surface area contributed by atoms with E-state index in [2.05, 4.69) is 26.3 Å². The number of oxime groups is 1. The van der Waals surface area contributed by atoms with Gasteiger partial charge in [-0.1, -0.05) is 35.0 Å². The van der Waals surface area contributed by atoms with Crippen molar-refractivity contribution < 1.29 is 27.6 Å². The second-order valence-electron chi connectivity index (χ2n) is 6.18. The van der Waals surface area contributed by atoms with E-state index < -0.39 is 29.7 Å². The number of alkyl halides is 3. The molecule has 3 N–H and O–H groups in total. The van der Waals surface area contributed by atoms with Crippen LogP contribution in [0.3, 0.4) is 0 Å². The lowest BCUT2D eigenvalue weighted by atomic mass is 10.1. The van der Waals surface area contributed by atoms with Gasteiger partial charge < -0.3 is 10.2 Å². The number of carbonyl (C=O) groups excluding carboxylic acids is 2. The molecule has 8 nitrogen and oxygen atoms in total. The van der Waals surface area contributed by atoms with Crippen molar-refractivity contribution in [2.24, 2.45) is 5.16 Å². The summed E-state index contributed by atoms with van der Waals surface area (Å²) in [5.41, 5.74) is 3.95. The van der Waals surface area contributed by atoms with Crippen molar-refractivity contribution in [2.75, 3.05) is 11.9 Å². The summed E-state index contributed by atoms with van der Waals surface area (Å²) in [6.45, 7) is 0.0920. The number of amides is 2.